The van der Waals surface area contributed by atoms with Crippen LogP contribution in [0.15, 0.2) is 12.1 Å². The number of nitrogens with zero attached hydrogens (tertiary/aromatic N) is 2. The first-order chi connectivity index (χ1) is 9.74. The van der Waals surface area contributed by atoms with Gasteiger partial charge in [0.25, 0.3) is 0 Å². The summed E-state index contributed by atoms with van der Waals surface area (Å²) in [6.45, 7) is 3.12. The molecule has 0 spiro atoms. The van der Waals surface area contributed by atoms with Gasteiger partial charge in [-0.15, -0.1) is 0 Å². The zero-order chi connectivity index (χ0) is 13.9. The number of hydrogen-bond acceptors (Lipinski definition) is 5. The van der Waals surface area contributed by atoms with Gasteiger partial charge < -0.3 is 5.32 Å². The van der Waals surface area contributed by atoms with Gasteiger partial charge in [-0.05, 0) is 44.8 Å². The van der Waals surface area contributed by atoms with Crippen LogP contribution in [0.1, 0.15) is 37.0 Å². The molecule has 1 aromatic heterocycles. The fourth-order valence-corrected chi connectivity index (χ4v) is 4.30. The highest BCUT2D eigenvalue weighted by Crippen LogP contribution is 2.29. The Morgan fingerprint density at radius 3 is 2.95 bits per heavy atom. The lowest BCUT2D eigenvalue weighted by Crippen LogP contribution is -2.49. The van der Waals surface area contributed by atoms with E-state index in [1.807, 2.05) is 6.07 Å². The van der Waals surface area contributed by atoms with Crippen LogP contribution in [0.3, 0.4) is 0 Å². The third-order valence-electron chi connectivity index (χ3n) is 4.41. The summed E-state index contributed by atoms with van der Waals surface area (Å²) in [5.74, 6) is 0. The van der Waals surface area contributed by atoms with E-state index >= 15 is 0 Å². The largest absolute Gasteiger partial charge is 0.324 e. The minimum atomic E-state index is -0.291. The molecule has 110 valence electrons. The van der Waals surface area contributed by atoms with Crippen molar-refractivity contribution in [2.24, 2.45) is 0 Å². The molecule has 0 bridgehead atoms. The predicted octanol–water partition coefficient (Wildman–Crippen LogP) is 2.76. The van der Waals surface area contributed by atoms with Crippen LogP contribution >= 0.6 is 11.3 Å². The van der Waals surface area contributed by atoms with Crippen LogP contribution in [0.4, 0.5) is 5.00 Å². The monoisotopic (exact) mass is 295 g/mol. The first-order valence-corrected chi connectivity index (χ1v) is 8.26. The maximum atomic E-state index is 10.8. The Morgan fingerprint density at radius 1 is 1.35 bits per heavy atom. The summed E-state index contributed by atoms with van der Waals surface area (Å²) in [5, 5.41) is 14.6. The molecular weight excluding hydrogens is 274 g/mol. The maximum absolute atomic E-state index is 10.8. The van der Waals surface area contributed by atoms with Gasteiger partial charge in [0.15, 0.2) is 0 Å². The fraction of sp³-hybridized carbons (Fsp3) is 0.714. The Kier molecular flexibility index (Phi) is 4.33. The SMILES string of the molecule is O=[N+]([O-])c1ccc(CN2CCCCC2C2CCCN2)s1. The average molecular weight is 295 g/mol. The molecule has 2 unspecified atom stereocenters. The van der Waals surface area contributed by atoms with Crippen molar-refractivity contribution in [3.63, 3.8) is 0 Å². The highest BCUT2D eigenvalue weighted by atomic mass is 32.1. The molecule has 3 rings (SSSR count). The van der Waals surface area contributed by atoms with E-state index in [1.165, 1.54) is 43.4 Å². The number of thiophene rings is 1. The minimum Gasteiger partial charge on any atom is -0.312 e. The van der Waals surface area contributed by atoms with E-state index in [-0.39, 0.29) is 9.92 Å². The Hall–Kier alpha value is -0.980. The molecule has 0 aromatic carbocycles. The molecule has 2 saturated heterocycles. The Bertz CT molecular complexity index is 471. The molecule has 1 N–H and O–H groups in total. The van der Waals surface area contributed by atoms with Gasteiger partial charge in [-0.3, -0.25) is 15.0 Å². The van der Waals surface area contributed by atoms with E-state index in [9.17, 15) is 10.1 Å². The van der Waals surface area contributed by atoms with Gasteiger partial charge in [0.05, 0.1) is 4.92 Å². The number of likely N-dealkylation sites (tertiary alicyclic amines) is 1. The molecule has 3 heterocycles. The molecule has 20 heavy (non-hydrogen) atoms. The fourth-order valence-electron chi connectivity index (χ4n) is 3.46. The van der Waals surface area contributed by atoms with Crippen LogP contribution in [-0.4, -0.2) is 35.0 Å². The molecule has 5 nitrogen and oxygen atoms in total. The van der Waals surface area contributed by atoms with Crippen LogP contribution in [-0.2, 0) is 6.54 Å². The number of hydrogen-bond donors (Lipinski definition) is 1. The minimum absolute atomic E-state index is 0.257. The number of piperidine rings is 1. The molecule has 1 aromatic rings. The van der Waals surface area contributed by atoms with Crippen LogP contribution in [0.5, 0.6) is 0 Å². The smallest absolute Gasteiger partial charge is 0.312 e. The van der Waals surface area contributed by atoms with Crippen molar-refractivity contribution in [1.29, 1.82) is 0 Å². The molecule has 0 saturated carbocycles. The van der Waals surface area contributed by atoms with E-state index in [2.05, 4.69) is 10.2 Å². The molecule has 6 heteroatoms. The number of rotatable bonds is 4. The van der Waals surface area contributed by atoms with E-state index in [1.54, 1.807) is 6.07 Å². The topological polar surface area (TPSA) is 58.4 Å². The molecule has 2 atom stereocenters. The van der Waals surface area contributed by atoms with Gasteiger partial charge in [0.2, 0.25) is 0 Å². The molecule has 2 fully saturated rings. The second-order valence-electron chi connectivity index (χ2n) is 5.73. The van der Waals surface area contributed by atoms with Crippen LogP contribution < -0.4 is 5.32 Å². The zero-order valence-electron chi connectivity index (χ0n) is 11.6. The van der Waals surface area contributed by atoms with Crippen molar-refractivity contribution in [3.8, 4) is 0 Å². The van der Waals surface area contributed by atoms with Gasteiger partial charge >= 0.3 is 5.00 Å². The first kappa shape index (κ1) is 14.0. The summed E-state index contributed by atoms with van der Waals surface area (Å²) >= 11 is 1.32. The molecule has 0 aliphatic carbocycles. The third-order valence-corrected chi connectivity index (χ3v) is 5.44. The predicted molar refractivity (Wildman–Crippen MR) is 80.0 cm³/mol. The van der Waals surface area contributed by atoms with Crippen molar-refractivity contribution in [1.82, 2.24) is 10.2 Å². The highest BCUT2D eigenvalue weighted by Gasteiger charge is 2.31. The van der Waals surface area contributed by atoms with Crippen LogP contribution in [0.25, 0.3) is 0 Å². The molecule has 2 aliphatic heterocycles. The lowest BCUT2D eigenvalue weighted by atomic mass is 9.94. The lowest BCUT2D eigenvalue weighted by molar-refractivity contribution is -0.380. The standard InChI is InChI=1S/C14H21N3O2S/c18-17(19)14-7-6-11(20-14)10-16-9-2-1-5-13(16)12-4-3-8-15-12/h6-7,12-13,15H,1-5,8-10H2. The molecule has 2 aliphatic rings. The summed E-state index contributed by atoms with van der Waals surface area (Å²) < 4.78 is 0. The van der Waals surface area contributed by atoms with E-state index < -0.39 is 0 Å². The summed E-state index contributed by atoms with van der Waals surface area (Å²) in [6.07, 6.45) is 6.36. The van der Waals surface area contributed by atoms with Crippen LogP contribution in [0.2, 0.25) is 0 Å². The number of nitrogens with one attached hydrogen (secondary N) is 1. The number of nitro groups is 1. The zero-order valence-corrected chi connectivity index (χ0v) is 12.4. The summed E-state index contributed by atoms with van der Waals surface area (Å²) in [5.41, 5.74) is 0. The van der Waals surface area contributed by atoms with Crippen molar-refractivity contribution < 1.29 is 4.92 Å². The van der Waals surface area contributed by atoms with Crippen molar-refractivity contribution in [3.05, 3.63) is 27.1 Å². The van der Waals surface area contributed by atoms with Gasteiger partial charge in [0, 0.05) is 29.6 Å². The third kappa shape index (κ3) is 3.02. The summed E-state index contributed by atoms with van der Waals surface area (Å²) in [4.78, 5) is 14.1. The first-order valence-electron chi connectivity index (χ1n) is 7.44. The van der Waals surface area contributed by atoms with E-state index in [4.69, 9.17) is 0 Å². The van der Waals surface area contributed by atoms with Gasteiger partial charge in [0.1, 0.15) is 0 Å². The molecule has 0 radical (unpaired) electrons. The second kappa shape index (κ2) is 6.20. The van der Waals surface area contributed by atoms with Crippen molar-refractivity contribution >= 4 is 16.3 Å². The Labute approximate surface area is 123 Å². The molecule has 0 amide bonds. The maximum Gasteiger partial charge on any atom is 0.324 e. The van der Waals surface area contributed by atoms with Crippen molar-refractivity contribution in [2.45, 2.75) is 50.7 Å². The Balaban J connectivity index is 1.67. The van der Waals surface area contributed by atoms with Gasteiger partial charge in [-0.1, -0.05) is 17.8 Å². The second-order valence-corrected chi connectivity index (χ2v) is 6.88. The lowest BCUT2D eigenvalue weighted by Gasteiger charge is -2.39. The summed E-state index contributed by atoms with van der Waals surface area (Å²) in [6, 6.07) is 4.77. The summed E-state index contributed by atoms with van der Waals surface area (Å²) in [7, 11) is 0. The molecular formula is C14H21N3O2S. The van der Waals surface area contributed by atoms with Gasteiger partial charge in [-0.2, -0.15) is 0 Å². The van der Waals surface area contributed by atoms with Gasteiger partial charge in [-0.25, -0.2) is 0 Å². The van der Waals surface area contributed by atoms with E-state index in [0.29, 0.717) is 12.1 Å². The van der Waals surface area contributed by atoms with E-state index in [0.717, 1.165) is 24.5 Å². The van der Waals surface area contributed by atoms with Crippen molar-refractivity contribution in [2.75, 3.05) is 13.1 Å². The quantitative estimate of drug-likeness (QED) is 0.685. The van der Waals surface area contributed by atoms with Crippen LogP contribution in [0, 0.1) is 10.1 Å². The normalized spacial score (nSPS) is 27.8. The average Bonchev–Trinajstić information content (AvgIpc) is 3.10. The Morgan fingerprint density at radius 2 is 2.25 bits per heavy atom. The highest BCUT2D eigenvalue weighted by molar-refractivity contribution is 7.15.